The van der Waals surface area contributed by atoms with Gasteiger partial charge in [0.15, 0.2) is 5.78 Å². The molecule has 7 heteroatoms. The number of ketones is 1. The van der Waals surface area contributed by atoms with Gasteiger partial charge in [-0.2, -0.15) is 0 Å². The van der Waals surface area contributed by atoms with Crippen LogP contribution in [0.3, 0.4) is 0 Å². The molecular formula is C12H17N3O4. The highest BCUT2D eigenvalue weighted by Crippen LogP contribution is 2.03. The number of Topliss-reactive ketones (excluding diaryl/α,β-unsaturated/α-hetero) is 1. The van der Waals surface area contributed by atoms with Crippen LogP contribution in [0.1, 0.15) is 23.7 Å². The Balaban J connectivity index is 0.000000555. The predicted octanol–water partition coefficient (Wildman–Crippen LogP) is 0.351. The Morgan fingerprint density at radius 2 is 1.74 bits per heavy atom. The Morgan fingerprint density at radius 1 is 1.21 bits per heavy atom. The summed E-state index contributed by atoms with van der Waals surface area (Å²) >= 11 is 0. The van der Waals surface area contributed by atoms with Gasteiger partial charge in [-0.15, -0.1) is 0 Å². The summed E-state index contributed by atoms with van der Waals surface area (Å²) in [5.41, 5.74) is 6.63. The number of urea groups is 1. The molecule has 0 saturated heterocycles. The van der Waals surface area contributed by atoms with Gasteiger partial charge < -0.3 is 10.5 Å². The number of carbonyl (C=O) groups excluding carboxylic acids is 3. The summed E-state index contributed by atoms with van der Waals surface area (Å²) < 4.78 is 4.67. The SMILES string of the molecule is CCOC(=O)CC(=O)c1ccccc1.NNC(N)=O. The fourth-order valence-electron chi connectivity index (χ4n) is 1.07. The van der Waals surface area contributed by atoms with Crippen molar-refractivity contribution < 1.29 is 19.1 Å². The number of nitrogens with two attached hydrogens (primary N) is 2. The van der Waals surface area contributed by atoms with E-state index in [0.717, 1.165) is 0 Å². The highest BCUT2D eigenvalue weighted by Gasteiger charge is 2.11. The second-order valence-corrected chi connectivity index (χ2v) is 3.28. The van der Waals surface area contributed by atoms with E-state index in [1.54, 1.807) is 36.6 Å². The first-order valence-corrected chi connectivity index (χ1v) is 5.51. The molecule has 2 amide bonds. The Bertz CT molecular complexity index is 420. The standard InChI is InChI=1S/C11H12O3.CH5N3O/c1-2-14-11(13)8-10(12)9-6-4-3-5-7-9;2-1(5)4-3/h3-7H,2,8H2,1H3;3H2,(H3,2,4,5). The fourth-order valence-corrected chi connectivity index (χ4v) is 1.07. The number of primary amides is 1. The van der Waals surface area contributed by atoms with Crippen molar-refractivity contribution in [3.63, 3.8) is 0 Å². The summed E-state index contributed by atoms with van der Waals surface area (Å²) in [6.07, 6.45) is -0.183. The normalized spacial score (nSPS) is 8.74. The van der Waals surface area contributed by atoms with E-state index in [0.29, 0.717) is 12.2 Å². The molecule has 0 atom stereocenters. The van der Waals surface area contributed by atoms with E-state index in [-0.39, 0.29) is 12.2 Å². The van der Waals surface area contributed by atoms with Crippen LogP contribution in [0.5, 0.6) is 0 Å². The lowest BCUT2D eigenvalue weighted by Gasteiger charge is -2.00. The van der Waals surface area contributed by atoms with Crippen molar-refractivity contribution in [2.24, 2.45) is 11.6 Å². The first-order chi connectivity index (χ1) is 9.01. The molecule has 19 heavy (non-hydrogen) atoms. The zero-order valence-electron chi connectivity index (χ0n) is 10.6. The number of hydrazine groups is 1. The third-order valence-electron chi connectivity index (χ3n) is 1.85. The van der Waals surface area contributed by atoms with Crippen LogP contribution in [0.2, 0.25) is 0 Å². The number of benzene rings is 1. The van der Waals surface area contributed by atoms with Crippen LogP contribution in [-0.4, -0.2) is 24.4 Å². The Hall–Kier alpha value is -2.41. The molecule has 0 aromatic heterocycles. The van der Waals surface area contributed by atoms with Gasteiger partial charge in [0, 0.05) is 5.56 Å². The largest absolute Gasteiger partial charge is 0.466 e. The van der Waals surface area contributed by atoms with Gasteiger partial charge in [0.2, 0.25) is 0 Å². The third kappa shape index (κ3) is 8.33. The Morgan fingerprint density at radius 3 is 2.16 bits per heavy atom. The number of hydrogen-bond acceptors (Lipinski definition) is 5. The molecule has 1 aromatic carbocycles. The average molecular weight is 267 g/mol. The summed E-state index contributed by atoms with van der Waals surface area (Å²) in [5, 5.41) is 0. The number of carbonyl (C=O) groups is 3. The van der Waals surface area contributed by atoms with Gasteiger partial charge in [0.25, 0.3) is 0 Å². The first kappa shape index (κ1) is 16.6. The van der Waals surface area contributed by atoms with E-state index in [4.69, 9.17) is 0 Å². The van der Waals surface area contributed by atoms with Crippen LogP contribution < -0.4 is 17.0 Å². The van der Waals surface area contributed by atoms with E-state index in [2.05, 4.69) is 16.3 Å². The molecule has 0 fully saturated rings. The lowest BCUT2D eigenvalue weighted by atomic mass is 10.1. The summed E-state index contributed by atoms with van der Waals surface area (Å²) in [7, 11) is 0. The van der Waals surface area contributed by atoms with E-state index >= 15 is 0 Å². The minimum atomic E-state index is -0.718. The molecule has 0 bridgehead atoms. The highest BCUT2D eigenvalue weighted by molar-refractivity contribution is 6.05. The molecule has 0 unspecified atom stereocenters. The van der Waals surface area contributed by atoms with Crippen LogP contribution in [0.4, 0.5) is 4.79 Å². The van der Waals surface area contributed by atoms with Gasteiger partial charge in [-0.3, -0.25) is 15.0 Å². The molecule has 7 nitrogen and oxygen atoms in total. The molecule has 0 radical (unpaired) electrons. The van der Waals surface area contributed by atoms with E-state index in [9.17, 15) is 14.4 Å². The van der Waals surface area contributed by atoms with Crippen molar-refractivity contribution in [3.05, 3.63) is 35.9 Å². The molecule has 1 rings (SSSR count). The van der Waals surface area contributed by atoms with E-state index < -0.39 is 12.0 Å². The number of esters is 1. The van der Waals surface area contributed by atoms with Gasteiger partial charge in [0.05, 0.1) is 6.61 Å². The molecule has 0 saturated carbocycles. The molecule has 0 aliphatic carbocycles. The minimum Gasteiger partial charge on any atom is -0.466 e. The molecule has 1 aromatic rings. The number of rotatable bonds is 4. The maximum Gasteiger partial charge on any atom is 0.326 e. The van der Waals surface area contributed by atoms with Crippen LogP contribution in [0.15, 0.2) is 30.3 Å². The lowest BCUT2D eigenvalue weighted by molar-refractivity contribution is -0.141. The molecule has 104 valence electrons. The monoisotopic (exact) mass is 267 g/mol. The molecule has 0 aliphatic rings. The lowest BCUT2D eigenvalue weighted by Crippen LogP contribution is -2.34. The van der Waals surface area contributed by atoms with Crippen LogP contribution in [0, 0.1) is 0 Å². The summed E-state index contributed by atoms with van der Waals surface area (Å²) in [6.45, 7) is 2.02. The number of hydrogen-bond donors (Lipinski definition) is 3. The molecule has 0 heterocycles. The van der Waals surface area contributed by atoms with Crippen LogP contribution in [-0.2, 0) is 9.53 Å². The van der Waals surface area contributed by atoms with Crippen LogP contribution in [0.25, 0.3) is 0 Å². The smallest absolute Gasteiger partial charge is 0.326 e. The van der Waals surface area contributed by atoms with Crippen molar-refractivity contribution in [3.8, 4) is 0 Å². The zero-order valence-corrected chi connectivity index (χ0v) is 10.6. The Labute approximate surface area is 110 Å². The third-order valence-corrected chi connectivity index (χ3v) is 1.85. The number of amides is 2. The maximum atomic E-state index is 11.4. The van der Waals surface area contributed by atoms with Crippen molar-refractivity contribution in [2.75, 3.05) is 6.61 Å². The van der Waals surface area contributed by atoms with Crippen molar-refractivity contribution in [2.45, 2.75) is 13.3 Å². The molecule has 0 spiro atoms. The fraction of sp³-hybridized carbons (Fsp3) is 0.250. The van der Waals surface area contributed by atoms with E-state index in [1.807, 2.05) is 6.07 Å². The molecule has 5 N–H and O–H groups in total. The number of ether oxygens (including phenoxy) is 1. The van der Waals surface area contributed by atoms with Gasteiger partial charge in [-0.1, -0.05) is 30.3 Å². The zero-order chi connectivity index (χ0) is 14.7. The topological polar surface area (TPSA) is 125 Å². The Kier molecular flexibility index (Phi) is 8.38. The molecule has 0 aliphatic heterocycles. The second kappa shape index (κ2) is 9.60. The van der Waals surface area contributed by atoms with Crippen molar-refractivity contribution >= 4 is 17.8 Å². The summed E-state index contributed by atoms with van der Waals surface area (Å²) in [6, 6.07) is 7.99. The summed E-state index contributed by atoms with van der Waals surface area (Å²) in [4.78, 5) is 31.8. The van der Waals surface area contributed by atoms with E-state index in [1.165, 1.54) is 0 Å². The van der Waals surface area contributed by atoms with Gasteiger partial charge >= 0.3 is 12.0 Å². The quantitative estimate of drug-likeness (QED) is 0.181. The second-order valence-electron chi connectivity index (χ2n) is 3.28. The van der Waals surface area contributed by atoms with Crippen LogP contribution >= 0.6 is 0 Å². The highest BCUT2D eigenvalue weighted by atomic mass is 16.5. The maximum absolute atomic E-state index is 11.4. The van der Waals surface area contributed by atoms with Gasteiger partial charge in [-0.25, -0.2) is 10.6 Å². The van der Waals surface area contributed by atoms with Crippen molar-refractivity contribution in [1.29, 1.82) is 0 Å². The minimum absolute atomic E-state index is 0.183. The molecular weight excluding hydrogens is 250 g/mol. The average Bonchev–Trinajstić information content (AvgIpc) is 2.40. The summed E-state index contributed by atoms with van der Waals surface area (Å²) in [5.74, 6) is 3.77. The van der Waals surface area contributed by atoms with Crippen molar-refractivity contribution in [1.82, 2.24) is 5.43 Å². The predicted molar refractivity (Wildman–Crippen MR) is 68.9 cm³/mol. The number of nitrogens with one attached hydrogen (secondary N) is 1. The van der Waals surface area contributed by atoms with Gasteiger partial charge in [-0.05, 0) is 6.92 Å². The van der Waals surface area contributed by atoms with Gasteiger partial charge in [0.1, 0.15) is 6.42 Å². The first-order valence-electron chi connectivity index (χ1n) is 5.51.